The van der Waals surface area contributed by atoms with Gasteiger partial charge in [0.25, 0.3) is 0 Å². The SMILES string of the molecule is C[C@H](NC(=O)Cn1c(=O)n(C)c2ccccc21)c1ccc(F)cc1. The minimum absolute atomic E-state index is 0.0638. The third-order valence-electron chi connectivity index (χ3n) is 4.10. The van der Waals surface area contributed by atoms with Crippen LogP contribution in [-0.4, -0.2) is 15.0 Å². The predicted molar refractivity (Wildman–Crippen MR) is 90.1 cm³/mol. The Balaban J connectivity index is 1.79. The summed E-state index contributed by atoms with van der Waals surface area (Å²) >= 11 is 0. The molecule has 0 saturated heterocycles. The number of nitrogens with zero attached hydrogens (tertiary/aromatic N) is 2. The molecule has 0 spiro atoms. The number of para-hydroxylation sites is 2. The van der Waals surface area contributed by atoms with Gasteiger partial charge in [-0.25, -0.2) is 9.18 Å². The van der Waals surface area contributed by atoms with Gasteiger partial charge in [-0.3, -0.25) is 13.9 Å². The summed E-state index contributed by atoms with van der Waals surface area (Å²) in [4.78, 5) is 24.6. The third kappa shape index (κ3) is 2.95. The van der Waals surface area contributed by atoms with Crippen LogP contribution in [0.5, 0.6) is 0 Å². The third-order valence-corrected chi connectivity index (χ3v) is 4.10. The number of carbonyl (C=O) groups is 1. The van der Waals surface area contributed by atoms with Gasteiger partial charge in [-0.15, -0.1) is 0 Å². The van der Waals surface area contributed by atoms with E-state index in [4.69, 9.17) is 0 Å². The van der Waals surface area contributed by atoms with Crippen molar-refractivity contribution >= 4 is 16.9 Å². The van der Waals surface area contributed by atoms with Crippen LogP contribution in [0.25, 0.3) is 11.0 Å². The summed E-state index contributed by atoms with van der Waals surface area (Å²) in [5.41, 5.74) is 2.06. The van der Waals surface area contributed by atoms with Crippen molar-refractivity contribution in [2.45, 2.75) is 19.5 Å². The molecule has 0 aliphatic rings. The van der Waals surface area contributed by atoms with Crippen LogP contribution in [0.2, 0.25) is 0 Å². The van der Waals surface area contributed by atoms with E-state index in [0.29, 0.717) is 0 Å². The molecule has 1 amide bonds. The lowest BCUT2D eigenvalue weighted by molar-refractivity contribution is -0.122. The first-order chi connectivity index (χ1) is 11.5. The first-order valence-electron chi connectivity index (χ1n) is 7.66. The molecule has 0 aliphatic heterocycles. The number of hydrogen-bond acceptors (Lipinski definition) is 2. The number of aryl methyl sites for hydroxylation is 1. The Kier molecular flexibility index (Phi) is 4.20. The van der Waals surface area contributed by atoms with Crippen molar-refractivity contribution in [2.24, 2.45) is 7.05 Å². The molecule has 0 unspecified atom stereocenters. The number of fused-ring (bicyclic) bond motifs is 1. The van der Waals surface area contributed by atoms with Crippen LogP contribution in [0.4, 0.5) is 4.39 Å². The summed E-state index contributed by atoms with van der Waals surface area (Å²) in [6.45, 7) is 1.75. The van der Waals surface area contributed by atoms with Gasteiger partial charge in [-0.1, -0.05) is 24.3 Å². The summed E-state index contributed by atoms with van der Waals surface area (Å²) in [6, 6.07) is 13.0. The second-order valence-corrected chi connectivity index (χ2v) is 5.76. The lowest BCUT2D eigenvalue weighted by Crippen LogP contribution is -2.34. The molecule has 2 aromatic carbocycles. The van der Waals surface area contributed by atoms with Gasteiger partial charge in [0, 0.05) is 7.05 Å². The van der Waals surface area contributed by atoms with Gasteiger partial charge in [0.05, 0.1) is 17.1 Å². The molecule has 0 fully saturated rings. The molecule has 0 bridgehead atoms. The Morgan fingerprint density at radius 2 is 1.75 bits per heavy atom. The first kappa shape index (κ1) is 16.0. The van der Waals surface area contributed by atoms with Crippen LogP contribution < -0.4 is 11.0 Å². The van der Waals surface area contributed by atoms with Crippen molar-refractivity contribution in [3.8, 4) is 0 Å². The van der Waals surface area contributed by atoms with Gasteiger partial charge in [0.15, 0.2) is 0 Å². The minimum atomic E-state index is -0.320. The van der Waals surface area contributed by atoms with Crippen molar-refractivity contribution in [2.75, 3.05) is 0 Å². The number of hydrogen-bond donors (Lipinski definition) is 1. The molecular weight excluding hydrogens is 309 g/mol. The lowest BCUT2D eigenvalue weighted by atomic mass is 10.1. The Bertz CT molecular complexity index is 941. The van der Waals surface area contributed by atoms with Crippen molar-refractivity contribution < 1.29 is 9.18 Å². The van der Waals surface area contributed by atoms with Gasteiger partial charge in [0.1, 0.15) is 12.4 Å². The van der Waals surface area contributed by atoms with Crippen LogP contribution in [-0.2, 0) is 18.4 Å². The molecule has 1 atom stereocenters. The van der Waals surface area contributed by atoms with Crippen LogP contribution in [0.1, 0.15) is 18.5 Å². The molecule has 0 aliphatic carbocycles. The summed E-state index contributed by atoms with van der Waals surface area (Å²) in [5.74, 6) is -0.593. The zero-order valence-corrected chi connectivity index (χ0v) is 13.5. The molecule has 3 rings (SSSR count). The zero-order valence-electron chi connectivity index (χ0n) is 13.5. The summed E-state index contributed by atoms with van der Waals surface area (Å²) in [6.07, 6.45) is 0. The number of benzene rings is 2. The summed E-state index contributed by atoms with van der Waals surface area (Å²) in [5, 5.41) is 2.83. The van der Waals surface area contributed by atoms with Crippen molar-refractivity contribution in [1.29, 1.82) is 0 Å². The number of rotatable bonds is 4. The highest BCUT2D eigenvalue weighted by atomic mass is 19.1. The lowest BCUT2D eigenvalue weighted by Gasteiger charge is -2.14. The monoisotopic (exact) mass is 327 g/mol. The molecule has 1 heterocycles. The van der Waals surface area contributed by atoms with E-state index in [1.807, 2.05) is 31.2 Å². The van der Waals surface area contributed by atoms with Gasteiger partial charge in [-0.2, -0.15) is 0 Å². The normalized spacial score (nSPS) is 12.3. The minimum Gasteiger partial charge on any atom is -0.348 e. The Morgan fingerprint density at radius 3 is 2.42 bits per heavy atom. The number of nitrogens with one attached hydrogen (secondary N) is 1. The second kappa shape index (κ2) is 6.31. The fourth-order valence-electron chi connectivity index (χ4n) is 2.78. The van der Waals surface area contributed by atoms with E-state index in [9.17, 15) is 14.0 Å². The fourth-order valence-corrected chi connectivity index (χ4v) is 2.78. The van der Waals surface area contributed by atoms with E-state index < -0.39 is 0 Å². The summed E-state index contributed by atoms with van der Waals surface area (Å²) in [7, 11) is 1.68. The number of aromatic nitrogens is 2. The molecule has 5 nitrogen and oxygen atoms in total. The van der Waals surface area contributed by atoms with E-state index in [0.717, 1.165) is 16.6 Å². The smallest absolute Gasteiger partial charge is 0.329 e. The molecule has 1 aromatic heterocycles. The first-order valence-corrected chi connectivity index (χ1v) is 7.66. The van der Waals surface area contributed by atoms with Gasteiger partial charge < -0.3 is 5.32 Å². The number of imidazole rings is 1. The largest absolute Gasteiger partial charge is 0.348 e. The Morgan fingerprint density at radius 1 is 1.12 bits per heavy atom. The highest BCUT2D eigenvalue weighted by Gasteiger charge is 2.15. The van der Waals surface area contributed by atoms with E-state index >= 15 is 0 Å². The van der Waals surface area contributed by atoms with Crippen molar-refractivity contribution in [1.82, 2.24) is 14.5 Å². The molecular formula is C18H18FN3O2. The number of carbonyl (C=O) groups excluding carboxylic acids is 1. The summed E-state index contributed by atoms with van der Waals surface area (Å²) < 4.78 is 15.9. The molecule has 124 valence electrons. The molecule has 24 heavy (non-hydrogen) atoms. The topological polar surface area (TPSA) is 56.0 Å². The maximum absolute atomic E-state index is 13.0. The predicted octanol–water partition coefficient (Wildman–Crippen LogP) is 2.36. The zero-order chi connectivity index (χ0) is 17.3. The van der Waals surface area contributed by atoms with Crippen LogP contribution in [0.3, 0.4) is 0 Å². The Labute approximate surface area is 138 Å². The average molecular weight is 327 g/mol. The average Bonchev–Trinajstić information content (AvgIpc) is 2.81. The Hall–Kier alpha value is -2.89. The van der Waals surface area contributed by atoms with Crippen molar-refractivity contribution in [3.63, 3.8) is 0 Å². The second-order valence-electron chi connectivity index (χ2n) is 5.76. The molecule has 6 heteroatoms. The van der Waals surface area contributed by atoms with Crippen LogP contribution >= 0.6 is 0 Å². The fraction of sp³-hybridized carbons (Fsp3) is 0.222. The number of amides is 1. The molecule has 0 saturated carbocycles. The standard InChI is InChI=1S/C18H18FN3O2/c1-12(13-7-9-14(19)10-8-13)20-17(23)11-22-16-6-4-3-5-15(16)21(2)18(22)24/h3-10,12H,11H2,1-2H3,(H,20,23)/t12-/m0/s1. The molecule has 1 N–H and O–H groups in total. The highest BCUT2D eigenvalue weighted by molar-refractivity contribution is 5.81. The van der Waals surface area contributed by atoms with Gasteiger partial charge in [0.2, 0.25) is 5.91 Å². The molecule has 3 aromatic rings. The van der Waals surface area contributed by atoms with E-state index in [1.165, 1.54) is 21.3 Å². The number of halogens is 1. The van der Waals surface area contributed by atoms with E-state index in [1.54, 1.807) is 19.2 Å². The van der Waals surface area contributed by atoms with E-state index in [-0.39, 0.29) is 30.0 Å². The van der Waals surface area contributed by atoms with Crippen molar-refractivity contribution in [3.05, 3.63) is 70.4 Å². The molecule has 0 radical (unpaired) electrons. The van der Waals surface area contributed by atoms with Crippen LogP contribution in [0.15, 0.2) is 53.3 Å². The maximum atomic E-state index is 13.0. The highest BCUT2D eigenvalue weighted by Crippen LogP contribution is 2.14. The van der Waals surface area contributed by atoms with Crippen LogP contribution in [0, 0.1) is 5.82 Å². The van der Waals surface area contributed by atoms with E-state index in [2.05, 4.69) is 5.32 Å². The maximum Gasteiger partial charge on any atom is 0.329 e. The quantitative estimate of drug-likeness (QED) is 0.800. The van der Waals surface area contributed by atoms with Gasteiger partial charge in [-0.05, 0) is 36.8 Å². The van der Waals surface area contributed by atoms with Gasteiger partial charge >= 0.3 is 5.69 Å².